The van der Waals surface area contributed by atoms with Gasteiger partial charge in [0.1, 0.15) is 34.7 Å². The van der Waals surface area contributed by atoms with Crippen molar-refractivity contribution in [3.63, 3.8) is 0 Å². The smallest absolute Gasteiger partial charge is 0.407 e. The maximum absolute atomic E-state index is 12.1. The van der Waals surface area contributed by atoms with Crippen molar-refractivity contribution < 1.29 is 32.2 Å². The molecule has 1 aliphatic heterocycles. The zero-order valence-electron chi connectivity index (χ0n) is 16.6. The molecule has 1 aliphatic rings. The van der Waals surface area contributed by atoms with Gasteiger partial charge < -0.3 is 24.3 Å². The monoisotopic (exact) mass is 416 g/mol. The van der Waals surface area contributed by atoms with Crippen molar-refractivity contribution in [3.05, 3.63) is 18.2 Å². The van der Waals surface area contributed by atoms with Crippen LogP contribution < -0.4 is 19.5 Å². The minimum absolute atomic E-state index is 0.0914. The summed E-state index contributed by atoms with van der Waals surface area (Å²) >= 11 is 0. The fraction of sp³-hybridized carbons (Fsp3) is 0.611. The van der Waals surface area contributed by atoms with Gasteiger partial charge in [0.25, 0.3) is 0 Å². The van der Waals surface area contributed by atoms with Crippen LogP contribution in [0.25, 0.3) is 0 Å². The Hall–Kier alpha value is -2.04. The standard InChI is InChI=1S/C18H28N2O7S/c1-13-12-20-28(22,23)16-6-5-14(11-15(16)26-13)25-10-9-24-8-7-19-17(21)27-18(2,3)4/h5-6,11,13,20H,7-10,12H2,1-4H3,(H,19,21)/t13-/m1/s1. The van der Waals surface area contributed by atoms with Crippen molar-refractivity contribution in [2.45, 2.75) is 44.3 Å². The molecule has 0 bridgehead atoms. The van der Waals surface area contributed by atoms with Crippen LogP contribution in [-0.2, 0) is 19.5 Å². The van der Waals surface area contributed by atoms with Gasteiger partial charge in [0.15, 0.2) is 0 Å². The summed E-state index contributed by atoms with van der Waals surface area (Å²) in [6, 6.07) is 4.58. The number of hydrogen-bond donors (Lipinski definition) is 2. The SMILES string of the molecule is C[C@@H]1CNS(=O)(=O)c2ccc(OCCOCCNC(=O)OC(C)(C)C)cc2O1. The van der Waals surface area contributed by atoms with Crippen LogP contribution in [0.1, 0.15) is 27.7 Å². The molecule has 0 unspecified atom stereocenters. The van der Waals surface area contributed by atoms with E-state index in [2.05, 4.69) is 10.0 Å². The molecule has 9 nitrogen and oxygen atoms in total. The number of fused-ring (bicyclic) bond motifs is 1. The summed E-state index contributed by atoms with van der Waals surface area (Å²) < 4.78 is 48.5. The molecule has 1 amide bonds. The first-order valence-corrected chi connectivity index (χ1v) is 10.5. The van der Waals surface area contributed by atoms with E-state index in [0.717, 1.165) is 0 Å². The predicted octanol–water partition coefficient (Wildman–Crippen LogP) is 1.67. The normalized spacial score (nSPS) is 18.4. The molecule has 0 radical (unpaired) electrons. The minimum atomic E-state index is -3.58. The third-order valence-electron chi connectivity index (χ3n) is 3.50. The number of hydrogen-bond acceptors (Lipinski definition) is 7. The topological polar surface area (TPSA) is 112 Å². The number of nitrogens with one attached hydrogen (secondary N) is 2. The summed E-state index contributed by atoms with van der Waals surface area (Å²) in [5, 5.41) is 2.59. The number of sulfonamides is 1. The van der Waals surface area contributed by atoms with E-state index in [1.807, 2.05) is 0 Å². The highest BCUT2D eigenvalue weighted by molar-refractivity contribution is 7.89. The van der Waals surface area contributed by atoms with E-state index in [4.69, 9.17) is 18.9 Å². The maximum atomic E-state index is 12.1. The number of amides is 1. The fourth-order valence-electron chi connectivity index (χ4n) is 2.32. The van der Waals surface area contributed by atoms with Gasteiger partial charge in [-0.3, -0.25) is 0 Å². The predicted molar refractivity (Wildman–Crippen MR) is 102 cm³/mol. The van der Waals surface area contributed by atoms with Crippen LogP contribution in [0.4, 0.5) is 4.79 Å². The molecule has 0 spiro atoms. The molecule has 0 aliphatic carbocycles. The summed E-state index contributed by atoms with van der Waals surface area (Å²) in [4.78, 5) is 11.6. The highest BCUT2D eigenvalue weighted by Gasteiger charge is 2.26. The van der Waals surface area contributed by atoms with Gasteiger partial charge in [0.05, 0.1) is 13.2 Å². The van der Waals surface area contributed by atoms with E-state index in [-0.39, 0.29) is 29.9 Å². The Labute approximate surface area is 165 Å². The van der Waals surface area contributed by atoms with E-state index in [9.17, 15) is 13.2 Å². The lowest BCUT2D eigenvalue weighted by Gasteiger charge is -2.19. The van der Waals surface area contributed by atoms with Crippen LogP contribution in [0.3, 0.4) is 0 Å². The first-order valence-electron chi connectivity index (χ1n) is 9.04. The number of benzene rings is 1. The molecule has 1 aromatic rings. The zero-order valence-corrected chi connectivity index (χ0v) is 17.4. The molecular weight excluding hydrogens is 388 g/mol. The number of alkyl carbamates (subject to hydrolysis) is 1. The molecule has 10 heteroatoms. The van der Waals surface area contributed by atoms with E-state index in [0.29, 0.717) is 25.5 Å². The second-order valence-electron chi connectivity index (χ2n) is 7.28. The van der Waals surface area contributed by atoms with Gasteiger partial charge in [-0.05, 0) is 39.8 Å². The fourth-order valence-corrected chi connectivity index (χ4v) is 3.54. The molecule has 0 saturated heterocycles. The van der Waals surface area contributed by atoms with E-state index in [1.165, 1.54) is 6.07 Å². The van der Waals surface area contributed by atoms with Gasteiger partial charge in [-0.2, -0.15) is 0 Å². The second kappa shape index (κ2) is 9.44. The Balaban J connectivity index is 1.72. The van der Waals surface area contributed by atoms with Crippen LogP contribution in [0.5, 0.6) is 11.5 Å². The molecule has 158 valence electrons. The second-order valence-corrected chi connectivity index (χ2v) is 9.01. The first kappa shape index (κ1) is 22.3. The van der Waals surface area contributed by atoms with Gasteiger partial charge in [-0.1, -0.05) is 0 Å². The van der Waals surface area contributed by atoms with Gasteiger partial charge in [0.2, 0.25) is 10.0 Å². The van der Waals surface area contributed by atoms with E-state index < -0.39 is 21.7 Å². The molecule has 2 rings (SSSR count). The lowest BCUT2D eigenvalue weighted by atomic mass is 10.2. The number of ether oxygens (including phenoxy) is 4. The van der Waals surface area contributed by atoms with E-state index >= 15 is 0 Å². The molecule has 2 N–H and O–H groups in total. The Kier molecular flexibility index (Phi) is 7.50. The molecule has 1 aromatic carbocycles. The van der Waals surface area contributed by atoms with Crippen LogP contribution in [0.15, 0.2) is 23.1 Å². The Bertz CT molecular complexity index is 775. The zero-order chi connectivity index (χ0) is 20.8. The molecule has 0 fully saturated rings. The van der Waals surface area contributed by atoms with Gasteiger partial charge in [0, 0.05) is 19.2 Å². The van der Waals surface area contributed by atoms with Crippen molar-refractivity contribution in [3.8, 4) is 11.5 Å². The summed E-state index contributed by atoms with van der Waals surface area (Å²) in [5.74, 6) is 0.746. The van der Waals surface area contributed by atoms with Crippen molar-refractivity contribution in [2.75, 3.05) is 32.9 Å². The molecule has 0 aromatic heterocycles. The van der Waals surface area contributed by atoms with Crippen LogP contribution in [-0.4, -0.2) is 59.1 Å². The van der Waals surface area contributed by atoms with Gasteiger partial charge >= 0.3 is 6.09 Å². The third-order valence-corrected chi connectivity index (χ3v) is 4.97. The molecule has 1 atom stereocenters. The van der Waals surface area contributed by atoms with Crippen molar-refractivity contribution in [1.29, 1.82) is 0 Å². The summed E-state index contributed by atoms with van der Waals surface area (Å²) in [5.41, 5.74) is -0.538. The van der Waals surface area contributed by atoms with E-state index in [1.54, 1.807) is 39.8 Å². The highest BCUT2D eigenvalue weighted by atomic mass is 32.2. The van der Waals surface area contributed by atoms with Gasteiger partial charge in [-0.25, -0.2) is 17.9 Å². The largest absolute Gasteiger partial charge is 0.491 e. The number of rotatable bonds is 7. The molecular formula is C18H28N2O7S. The lowest BCUT2D eigenvalue weighted by Crippen LogP contribution is -2.34. The van der Waals surface area contributed by atoms with Crippen molar-refractivity contribution in [2.24, 2.45) is 0 Å². The molecule has 1 heterocycles. The summed E-state index contributed by atoms with van der Waals surface area (Å²) in [6.45, 7) is 8.59. The quantitative estimate of drug-likeness (QED) is 0.650. The average Bonchev–Trinajstić information content (AvgIpc) is 2.68. The Morgan fingerprint density at radius 3 is 2.75 bits per heavy atom. The minimum Gasteiger partial charge on any atom is -0.491 e. The van der Waals surface area contributed by atoms with Gasteiger partial charge in [-0.15, -0.1) is 0 Å². The lowest BCUT2D eigenvalue weighted by molar-refractivity contribution is 0.0489. The number of carbonyl (C=O) groups is 1. The molecule has 0 saturated carbocycles. The van der Waals surface area contributed by atoms with Crippen LogP contribution in [0.2, 0.25) is 0 Å². The van der Waals surface area contributed by atoms with Crippen molar-refractivity contribution in [1.82, 2.24) is 10.0 Å². The van der Waals surface area contributed by atoms with Crippen molar-refractivity contribution >= 4 is 16.1 Å². The molecule has 28 heavy (non-hydrogen) atoms. The number of carbonyl (C=O) groups excluding carboxylic acids is 1. The third kappa shape index (κ3) is 7.17. The van der Waals surface area contributed by atoms with Crippen LogP contribution >= 0.6 is 0 Å². The maximum Gasteiger partial charge on any atom is 0.407 e. The highest BCUT2D eigenvalue weighted by Crippen LogP contribution is 2.31. The summed E-state index contributed by atoms with van der Waals surface area (Å²) in [6.07, 6.45) is -0.775. The average molecular weight is 416 g/mol. The van der Waals surface area contributed by atoms with Crippen LogP contribution in [0, 0.1) is 0 Å². The Morgan fingerprint density at radius 2 is 2.04 bits per heavy atom. The first-order chi connectivity index (χ1) is 13.1. The summed E-state index contributed by atoms with van der Waals surface area (Å²) in [7, 11) is -3.58. The Morgan fingerprint density at radius 1 is 1.29 bits per heavy atom.